The zero-order chi connectivity index (χ0) is 11.9. The van der Waals surface area contributed by atoms with E-state index in [1.807, 2.05) is 20.8 Å². The van der Waals surface area contributed by atoms with Crippen molar-refractivity contribution in [3.8, 4) is 0 Å². The number of rotatable bonds is 2. The molecule has 1 N–H and O–H groups in total. The lowest BCUT2D eigenvalue weighted by atomic mass is 10.1. The normalized spacial score (nSPS) is 20.8. The van der Waals surface area contributed by atoms with E-state index in [9.17, 15) is 13.6 Å². The molecule has 0 saturated carbocycles. The molecule has 0 amide bonds. The van der Waals surface area contributed by atoms with E-state index < -0.39 is 6.43 Å². The second-order valence-corrected chi connectivity index (χ2v) is 4.41. The van der Waals surface area contributed by atoms with Crippen molar-refractivity contribution in [1.29, 1.82) is 0 Å². The average Bonchev–Trinajstić information content (AvgIpc) is 2.53. The quantitative estimate of drug-likeness (QED) is 0.726. The van der Waals surface area contributed by atoms with Gasteiger partial charge < -0.3 is 10.1 Å². The van der Waals surface area contributed by atoms with Crippen LogP contribution in [0.5, 0.6) is 0 Å². The smallest absolute Gasteiger partial charge is 0.293 e. The maximum absolute atomic E-state index is 11.7. The minimum atomic E-state index is -2.12. The molecule has 15 heavy (non-hydrogen) atoms. The molecule has 1 rings (SSSR count). The molecule has 0 aromatic heterocycles. The highest BCUT2D eigenvalue weighted by molar-refractivity contribution is 5.37. The number of alkyl halides is 2. The minimum Gasteiger partial charge on any atom is -0.462 e. The summed E-state index contributed by atoms with van der Waals surface area (Å²) in [4.78, 5) is 9.60. The average molecular weight is 223 g/mol. The fourth-order valence-electron chi connectivity index (χ4n) is 1.04. The lowest BCUT2D eigenvalue weighted by Crippen LogP contribution is -2.17. The summed E-state index contributed by atoms with van der Waals surface area (Å²) in [7, 11) is 0. The van der Waals surface area contributed by atoms with Crippen LogP contribution in [0.2, 0.25) is 0 Å². The van der Waals surface area contributed by atoms with Crippen LogP contribution in [0.4, 0.5) is 8.78 Å². The number of nitrogens with one attached hydrogen (secondary N) is 1. The number of halogens is 2. The topological polar surface area (TPSA) is 38.3 Å². The molecule has 1 aliphatic rings. The van der Waals surface area contributed by atoms with E-state index >= 15 is 0 Å². The minimum absolute atomic E-state index is 0.318. The number of hydrogen-bond acceptors (Lipinski definition) is 3. The molecule has 0 unspecified atom stereocenters. The Morgan fingerprint density at radius 1 is 1.47 bits per heavy atom. The highest BCUT2D eigenvalue weighted by Gasteiger charge is 2.23. The van der Waals surface area contributed by atoms with E-state index in [2.05, 4.69) is 10.1 Å². The molecule has 3 nitrogen and oxygen atoms in total. The van der Waals surface area contributed by atoms with Gasteiger partial charge in [-0.15, -0.1) is 0 Å². The van der Waals surface area contributed by atoms with E-state index in [1.54, 1.807) is 0 Å². The van der Waals surface area contributed by atoms with Crippen LogP contribution in [0.15, 0.2) is 0 Å². The van der Waals surface area contributed by atoms with Crippen molar-refractivity contribution >= 4 is 6.47 Å². The molecule has 1 atom stereocenters. The summed E-state index contributed by atoms with van der Waals surface area (Å²) in [5.74, 6) is -0.380. The SMILES string of the molecule is CC(C)(C)OC=O.FC(F)[C@@H]1CCNC1. The first-order chi connectivity index (χ1) is 6.87. The maximum atomic E-state index is 11.7. The summed E-state index contributed by atoms with van der Waals surface area (Å²) in [6.07, 6.45) is -1.48. The van der Waals surface area contributed by atoms with Crippen LogP contribution in [0.3, 0.4) is 0 Å². The third kappa shape index (κ3) is 8.30. The molecular weight excluding hydrogens is 204 g/mol. The third-order valence-corrected chi connectivity index (χ3v) is 1.86. The van der Waals surface area contributed by atoms with Gasteiger partial charge in [0, 0.05) is 12.5 Å². The fourth-order valence-corrected chi connectivity index (χ4v) is 1.04. The highest BCUT2D eigenvalue weighted by atomic mass is 19.3. The summed E-state index contributed by atoms with van der Waals surface area (Å²) in [6.45, 7) is 7.18. The van der Waals surface area contributed by atoms with Crippen LogP contribution < -0.4 is 5.32 Å². The van der Waals surface area contributed by atoms with Crippen molar-refractivity contribution in [2.45, 2.75) is 39.2 Å². The molecule has 90 valence electrons. The summed E-state index contributed by atoms with van der Waals surface area (Å²) in [6, 6.07) is 0. The number of hydrogen-bond donors (Lipinski definition) is 1. The lowest BCUT2D eigenvalue weighted by molar-refractivity contribution is -0.138. The molecule has 0 aromatic carbocycles. The Hall–Kier alpha value is -0.710. The number of carbonyl (C=O) groups excluding carboxylic acids is 1. The van der Waals surface area contributed by atoms with E-state index in [0.717, 1.165) is 6.54 Å². The first kappa shape index (κ1) is 14.3. The van der Waals surface area contributed by atoms with Crippen molar-refractivity contribution in [2.24, 2.45) is 5.92 Å². The standard InChI is InChI=1S/C5H9F2N.C5H10O2/c6-5(7)4-1-2-8-3-4;1-5(2,3)7-4-6/h4-5,8H,1-3H2;4H,1-3H3/t4-;/m1./s1. The van der Waals surface area contributed by atoms with Crippen LogP contribution in [-0.4, -0.2) is 31.6 Å². The van der Waals surface area contributed by atoms with Gasteiger partial charge in [-0.2, -0.15) is 0 Å². The maximum Gasteiger partial charge on any atom is 0.293 e. The second-order valence-electron chi connectivity index (χ2n) is 4.41. The summed E-state index contributed by atoms with van der Waals surface area (Å²) < 4.78 is 27.9. The van der Waals surface area contributed by atoms with Gasteiger partial charge in [0.25, 0.3) is 6.47 Å². The Balaban J connectivity index is 0.000000265. The van der Waals surface area contributed by atoms with Crippen molar-refractivity contribution in [3.63, 3.8) is 0 Å². The zero-order valence-corrected chi connectivity index (χ0v) is 9.43. The highest BCUT2D eigenvalue weighted by Crippen LogP contribution is 2.15. The molecule has 0 radical (unpaired) electrons. The summed E-state index contributed by atoms with van der Waals surface area (Å²) >= 11 is 0. The molecule has 0 aliphatic carbocycles. The second kappa shape index (κ2) is 6.71. The molecule has 0 bridgehead atoms. The summed E-state index contributed by atoms with van der Waals surface area (Å²) in [5, 5.41) is 2.87. The Morgan fingerprint density at radius 2 is 2.07 bits per heavy atom. The van der Waals surface area contributed by atoms with E-state index in [0.29, 0.717) is 19.4 Å². The predicted molar refractivity (Wildman–Crippen MR) is 53.9 cm³/mol. The van der Waals surface area contributed by atoms with Crippen LogP contribution in [0.1, 0.15) is 27.2 Å². The van der Waals surface area contributed by atoms with Crippen molar-refractivity contribution in [3.05, 3.63) is 0 Å². The van der Waals surface area contributed by atoms with Crippen LogP contribution in [0, 0.1) is 5.92 Å². The molecule has 1 aliphatic heterocycles. The van der Waals surface area contributed by atoms with Crippen molar-refractivity contribution in [2.75, 3.05) is 13.1 Å². The molecule has 1 saturated heterocycles. The molecule has 1 fully saturated rings. The van der Waals surface area contributed by atoms with Crippen LogP contribution in [0.25, 0.3) is 0 Å². The Morgan fingerprint density at radius 3 is 2.20 bits per heavy atom. The van der Waals surface area contributed by atoms with Gasteiger partial charge in [0.2, 0.25) is 6.43 Å². The van der Waals surface area contributed by atoms with E-state index in [1.165, 1.54) is 0 Å². The summed E-state index contributed by atoms with van der Waals surface area (Å²) in [5.41, 5.74) is -0.318. The van der Waals surface area contributed by atoms with Gasteiger partial charge in [-0.1, -0.05) is 0 Å². The monoisotopic (exact) mass is 223 g/mol. The fraction of sp³-hybridized carbons (Fsp3) is 0.900. The van der Waals surface area contributed by atoms with Gasteiger partial charge >= 0.3 is 0 Å². The van der Waals surface area contributed by atoms with Crippen LogP contribution in [-0.2, 0) is 9.53 Å². The largest absolute Gasteiger partial charge is 0.462 e. The molecule has 0 aromatic rings. The van der Waals surface area contributed by atoms with Crippen molar-refractivity contribution in [1.82, 2.24) is 5.32 Å². The van der Waals surface area contributed by atoms with Crippen LogP contribution >= 0.6 is 0 Å². The Bertz CT molecular complexity index is 175. The zero-order valence-electron chi connectivity index (χ0n) is 9.43. The Kier molecular flexibility index (Phi) is 6.40. The molecule has 5 heteroatoms. The van der Waals surface area contributed by atoms with E-state index in [4.69, 9.17) is 0 Å². The molecular formula is C10H19F2NO2. The van der Waals surface area contributed by atoms with Gasteiger partial charge in [0.15, 0.2) is 0 Å². The van der Waals surface area contributed by atoms with Gasteiger partial charge in [-0.05, 0) is 33.7 Å². The van der Waals surface area contributed by atoms with Gasteiger partial charge in [0.1, 0.15) is 5.60 Å². The van der Waals surface area contributed by atoms with E-state index in [-0.39, 0.29) is 11.5 Å². The Labute approximate surface area is 89.2 Å². The number of ether oxygens (including phenoxy) is 1. The van der Waals surface area contributed by atoms with Gasteiger partial charge in [-0.3, -0.25) is 4.79 Å². The predicted octanol–water partition coefficient (Wildman–Crippen LogP) is 1.82. The first-order valence-electron chi connectivity index (χ1n) is 4.97. The number of carbonyl (C=O) groups is 1. The molecule has 1 heterocycles. The molecule has 0 spiro atoms. The van der Waals surface area contributed by atoms with Gasteiger partial charge in [0.05, 0.1) is 0 Å². The van der Waals surface area contributed by atoms with Crippen molar-refractivity contribution < 1.29 is 18.3 Å². The first-order valence-corrected chi connectivity index (χ1v) is 4.97. The third-order valence-electron chi connectivity index (χ3n) is 1.86. The van der Waals surface area contributed by atoms with Gasteiger partial charge in [-0.25, -0.2) is 8.78 Å². The lowest BCUT2D eigenvalue weighted by Gasteiger charge is -2.14.